The van der Waals surface area contributed by atoms with Gasteiger partial charge in [-0.15, -0.1) is 0 Å². The minimum absolute atomic E-state index is 0.994. The Morgan fingerprint density at radius 1 is 0.595 bits per heavy atom. The van der Waals surface area contributed by atoms with Gasteiger partial charge in [-0.1, -0.05) is 115 Å². The van der Waals surface area contributed by atoms with Crippen LogP contribution in [-0.4, -0.2) is 9.55 Å². The molecule has 1 heterocycles. The van der Waals surface area contributed by atoms with Crippen LogP contribution in [0.15, 0.2) is 133 Å². The molecule has 0 unspecified atom stereocenters. The second kappa shape index (κ2) is 10.0. The summed E-state index contributed by atoms with van der Waals surface area (Å²) in [5.74, 6) is 0.994. The van der Waals surface area contributed by atoms with Gasteiger partial charge in [0.25, 0.3) is 0 Å². The second-order valence-electron chi connectivity index (χ2n) is 11.1. The monoisotopic (exact) mass is 538 g/mol. The Morgan fingerprint density at radius 3 is 1.98 bits per heavy atom. The van der Waals surface area contributed by atoms with Crippen LogP contribution in [0.5, 0.6) is 0 Å². The highest BCUT2D eigenvalue weighted by molar-refractivity contribution is 6.10. The molecule has 0 radical (unpaired) electrons. The fourth-order valence-electron chi connectivity index (χ4n) is 6.74. The van der Waals surface area contributed by atoms with Crippen molar-refractivity contribution in [3.8, 4) is 39.1 Å². The van der Waals surface area contributed by atoms with Gasteiger partial charge < -0.3 is 0 Å². The summed E-state index contributed by atoms with van der Waals surface area (Å²) in [4.78, 5) is 4.83. The first-order valence-corrected chi connectivity index (χ1v) is 14.7. The maximum Gasteiger partial charge on any atom is 0.111 e. The summed E-state index contributed by atoms with van der Waals surface area (Å²) in [5, 5.41) is 2.63. The Labute approximate surface area is 246 Å². The number of nitrogens with zero attached hydrogens (tertiary/aromatic N) is 2. The van der Waals surface area contributed by atoms with Gasteiger partial charge in [-0.2, -0.15) is 0 Å². The molecule has 1 aromatic heterocycles. The van der Waals surface area contributed by atoms with Crippen LogP contribution in [-0.2, 0) is 6.42 Å². The van der Waals surface area contributed by atoms with Gasteiger partial charge in [0, 0.05) is 5.69 Å². The quantitative estimate of drug-likeness (QED) is 0.218. The number of imidazole rings is 1. The summed E-state index contributed by atoms with van der Waals surface area (Å²) >= 11 is 0. The zero-order valence-electron chi connectivity index (χ0n) is 23.6. The van der Waals surface area contributed by atoms with E-state index in [1.165, 1.54) is 55.3 Å². The molecule has 2 nitrogen and oxygen atoms in total. The van der Waals surface area contributed by atoms with Gasteiger partial charge >= 0.3 is 0 Å². The zero-order chi connectivity index (χ0) is 28.0. The number of para-hydroxylation sites is 1. The predicted octanol–water partition coefficient (Wildman–Crippen LogP) is 10.4. The summed E-state index contributed by atoms with van der Waals surface area (Å²) in [6.07, 6.45) is 6.79. The first kappa shape index (κ1) is 24.6. The topological polar surface area (TPSA) is 17.8 Å². The van der Waals surface area contributed by atoms with Crippen molar-refractivity contribution >= 4 is 27.9 Å². The third-order valence-electron chi connectivity index (χ3n) is 8.61. The summed E-state index contributed by atoms with van der Waals surface area (Å²) in [5.41, 5.74) is 13.7. The number of rotatable bonds is 4. The van der Waals surface area contributed by atoms with Crippen LogP contribution >= 0.6 is 0 Å². The van der Waals surface area contributed by atoms with E-state index < -0.39 is 0 Å². The molecule has 0 bridgehead atoms. The lowest BCUT2D eigenvalue weighted by molar-refractivity contribution is 0.991. The van der Waals surface area contributed by atoms with Crippen LogP contribution in [0.25, 0.3) is 66.9 Å². The number of aryl methyl sites for hydroxylation is 1. The van der Waals surface area contributed by atoms with E-state index in [0.29, 0.717) is 0 Å². The molecule has 0 saturated carbocycles. The lowest BCUT2D eigenvalue weighted by Crippen LogP contribution is -2.02. The molecule has 7 aromatic rings. The molecule has 0 spiro atoms. The average molecular weight is 539 g/mol. The average Bonchev–Trinajstić information content (AvgIpc) is 3.39. The number of allylic oxidation sites excluding steroid dienone is 1. The molecule has 0 atom stereocenters. The maximum absolute atomic E-state index is 4.83. The summed E-state index contributed by atoms with van der Waals surface area (Å²) in [6, 6.07) is 46.0. The SMILES string of the molecule is Cc1nc2ccc(-c3ccc(-c4c5c(c(-c6ccccc6)c6ccccc46)C=CCC5)cc3)cc2n1-c1ccccc1. The van der Waals surface area contributed by atoms with E-state index in [2.05, 4.69) is 151 Å². The van der Waals surface area contributed by atoms with E-state index in [9.17, 15) is 0 Å². The molecule has 0 amide bonds. The van der Waals surface area contributed by atoms with Crippen molar-refractivity contribution in [2.24, 2.45) is 0 Å². The molecular weight excluding hydrogens is 508 g/mol. The lowest BCUT2D eigenvalue weighted by atomic mass is 9.80. The summed E-state index contributed by atoms with van der Waals surface area (Å²) in [6.45, 7) is 2.07. The fourth-order valence-corrected chi connectivity index (χ4v) is 6.74. The molecule has 1 aliphatic rings. The van der Waals surface area contributed by atoms with Crippen molar-refractivity contribution in [1.82, 2.24) is 9.55 Å². The van der Waals surface area contributed by atoms with Crippen LogP contribution in [0, 0.1) is 6.92 Å². The van der Waals surface area contributed by atoms with Crippen LogP contribution in [0.2, 0.25) is 0 Å². The number of fused-ring (bicyclic) bond motifs is 3. The van der Waals surface area contributed by atoms with Crippen LogP contribution in [0.1, 0.15) is 23.4 Å². The first-order chi connectivity index (χ1) is 20.8. The second-order valence-corrected chi connectivity index (χ2v) is 11.1. The van der Waals surface area contributed by atoms with Gasteiger partial charge in [0.1, 0.15) is 5.82 Å². The van der Waals surface area contributed by atoms with Gasteiger partial charge in [-0.3, -0.25) is 4.57 Å². The van der Waals surface area contributed by atoms with Crippen LogP contribution in [0.4, 0.5) is 0 Å². The molecule has 42 heavy (non-hydrogen) atoms. The van der Waals surface area contributed by atoms with Crippen molar-refractivity contribution in [2.45, 2.75) is 19.8 Å². The van der Waals surface area contributed by atoms with Crippen molar-refractivity contribution < 1.29 is 0 Å². The first-order valence-electron chi connectivity index (χ1n) is 14.7. The van der Waals surface area contributed by atoms with E-state index in [4.69, 9.17) is 4.98 Å². The van der Waals surface area contributed by atoms with Crippen molar-refractivity contribution in [3.63, 3.8) is 0 Å². The summed E-state index contributed by atoms with van der Waals surface area (Å²) in [7, 11) is 0. The van der Waals surface area contributed by atoms with E-state index in [1.807, 2.05) is 0 Å². The molecule has 8 rings (SSSR count). The third-order valence-corrected chi connectivity index (χ3v) is 8.61. The molecule has 0 fully saturated rings. The smallest absolute Gasteiger partial charge is 0.111 e. The Balaban J connectivity index is 1.27. The minimum atomic E-state index is 0.994. The fraction of sp³-hybridized carbons (Fsp3) is 0.0750. The Hall–Kier alpha value is -5.21. The van der Waals surface area contributed by atoms with Gasteiger partial charge in [0.15, 0.2) is 0 Å². The Bertz CT molecular complexity index is 2120. The Morgan fingerprint density at radius 2 is 1.21 bits per heavy atom. The number of benzene rings is 6. The van der Waals surface area contributed by atoms with Crippen molar-refractivity contribution in [3.05, 3.63) is 150 Å². The molecule has 0 N–H and O–H groups in total. The van der Waals surface area contributed by atoms with Gasteiger partial charge in [0.2, 0.25) is 0 Å². The van der Waals surface area contributed by atoms with Crippen molar-refractivity contribution in [2.75, 3.05) is 0 Å². The van der Waals surface area contributed by atoms with Crippen molar-refractivity contribution in [1.29, 1.82) is 0 Å². The van der Waals surface area contributed by atoms with E-state index in [-0.39, 0.29) is 0 Å². The van der Waals surface area contributed by atoms with Crippen LogP contribution < -0.4 is 0 Å². The van der Waals surface area contributed by atoms with Gasteiger partial charge in [-0.05, 0) is 99.3 Å². The van der Waals surface area contributed by atoms with E-state index in [1.54, 1.807) is 0 Å². The lowest BCUT2D eigenvalue weighted by Gasteiger charge is -2.23. The van der Waals surface area contributed by atoms with Gasteiger partial charge in [-0.25, -0.2) is 4.98 Å². The number of hydrogen-bond acceptors (Lipinski definition) is 1. The van der Waals surface area contributed by atoms with Crippen LogP contribution in [0.3, 0.4) is 0 Å². The highest BCUT2D eigenvalue weighted by atomic mass is 15.1. The van der Waals surface area contributed by atoms with E-state index in [0.717, 1.165) is 35.4 Å². The van der Waals surface area contributed by atoms with Gasteiger partial charge in [0.05, 0.1) is 11.0 Å². The molecule has 200 valence electrons. The zero-order valence-corrected chi connectivity index (χ0v) is 23.6. The molecular formula is C40H30N2. The highest BCUT2D eigenvalue weighted by Crippen LogP contribution is 2.44. The number of hydrogen-bond donors (Lipinski definition) is 0. The molecule has 0 saturated heterocycles. The minimum Gasteiger partial charge on any atom is -0.297 e. The molecule has 1 aliphatic carbocycles. The molecule has 6 aromatic carbocycles. The van der Waals surface area contributed by atoms with E-state index >= 15 is 0 Å². The highest BCUT2D eigenvalue weighted by Gasteiger charge is 2.21. The largest absolute Gasteiger partial charge is 0.297 e. The predicted molar refractivity (Wildman–Crippen MR) is 177 cm³/mol. The number of aromatic nitrogens is 2. The third kappa shape index (κ3) is 3.99. The molecule has 2 heteroatoms. The summed E-state index contributed by atoms with van der Waals surface area (Å²) < 4.78 is 2.24. The standard InChI is InChI=1S/C40H30N2/c1-27-41-37-25-24-31(26-38(37)42(27)32-14-6-3-7-15-32)28-20-22-30(23-21-28)40-35-18-10-8-16-33(35)39(29-12-4-2-5-13-29)34-17-9-11-19-36(34)40/h2-10,12-18,20-26H,11,19H2,1H3. The normalized spacial score (nSPS) is 12.6. The maximum atomic E-state index is 4.83. The Kier molecular flexibility index (Phi) is 5.86. The molecule has 0 aliphatic heterocycles.